The van der Waals surface area contributed by atoms with Crippen LogP contribution in [0.25, 0.3) is 11.2 Å². The van der Waals surface area contributed by atoms with Crippen molar-refractivity contribution in [2.45, 2.75) is 64.3 Å². The number of nitrogens with one attached hydrogen (secondary N) is 2. The quantitative estimate of drug-likeness (QED) is 0.0485. The molecular formula is C26H44N7O18P3S. The Morgan fingerprint density at radius 1 is 1.07 bits per heavy atom. The number of hydrogen-bond acceptors (Lipinski definition) is 19. The number of phosphoric ester groups is 3. The first kappa shape index (κ1) is 46.9. The highest BCUT2D eigenvalue weighted by Gasteiger charge is 2.50. The van der Waals surface area contributed by atoms with Crippen LogP contribution in [0.2, 0.25) is 0 Å². The Bertz CT molecular complexity index is 1800. The van der Waals surface area contributed by atoms with Gasteiger partial charge in [-0.25, -0.2) is 28.6 Å². The standard InChI is InChI=1S/C26H44N7O18P3S/c1-4-14(9-34)25(39)55-8-7-28-16(35)5-6-29-23(38)20(37)26(2,3)11-48-54(45,46)51-53(43,44)47-10-15-19(50-52(40,41)42)18(36)24(49-15)33-13-32-17-21(27)30-12-31-22(17)33/h12-15,18-20,24,34,36-37H,4-11H2,1-3H3,(H,28,35)(H,29,38)(H,43,44)(H,45,46)(H2,27,30,31)(H2,40,41,42)/t14-,15?,18?,19?,20?,24?/m1/s1. The molecule has 3 heterocycles. The number of imidazole rings is 1. The Labute approximate surface area is 317 Å². The summed E-state index contributed by atoms with van der Waals surface area (Å²) in [5, 5.41) is 35.2. The number of thioether (sulfide) groups is 1. The zero-order valence-corrected chi connectivity index (χ0v) is 33.0. The molecule has 1 aliphatic heterocycles. The van der Waals surface area contributed by atoms with Gasteiger partial charge in [-0.2, -0.15) is 4.31 Å². The molecule has 0 aromatic carbocycles. The van der Waals surface area contributed by atoms with Crippen LogP contribution in [0.4, 0.5) is 5.82 Å². The second kappa shape index (κ2) is 19.8. The van der Waals surface area contributed by atoms with E-state index in [9.17, 15) is 57.9 Å². The fourth-order valence-corrected chi connectivity index (χ4v) is 8.48. The third-order valence-electron chi connectivity index (χ3n) is 7.79. The molecule has 1 saturated heterocycles. The number of nitrogens with zero attached hydrogens (tertiary/aromatic N) is 4. The molecule has 1 aliphatic rings. The highest BCUT2D eigenvalue weighted by atomic mass is 32.2. The molecule has 0 spiro atoms. The van der Waals surface area contributed by atoms with Gasteiger partial charge in [0.15, 0.2) is 22.8 Å². The first-order valence-corrected chi connectivity index (χ1v) is 21.7. The summed E-state index contributed by atoms with van der Waals surface area (Å²) in [7, 11) is -16.4. The van der Waals surface area contributed by atoms with Crippen LogP contribution in [-0.4, -0.2) is 134 Å². The number of phosphoric acid groups is 3. The zero-order valence-electron chi connectivity index (χ0n) is 29.5. The van der Waals surface area contributed by atoms with Crippen LogP contribution in [-0.2, 0) is 50.7 Å². The molecule has 2 amide bonds. The summed E-state index contributed by atoms with van der Waals surface area (Å²) in [5.41, 5.74) is 4.23. The van der Waals surface area contributed by atoms with Crippen molar-refractivity contribution in [2.24, 2.45) is 11.3 Å². The molecule has 2 aromatic heterocycles. The average molecular weight is 868 g/mol. The first-order valence-electron chi connectivity index (χ1n) is 16.2. The topological polar surface area (TPSA) is 384 Å². The van der Waals surface area contributed by atoms with Gasteiger partial charge in [0.25, 0.3) is 0 Å². The van der Waals surface area contributed by atoms with E-state index < -0.39 is 90.5 Å². The lowest BCUT2D eigenvalue weighted by Crippen LogP contribution is -2.46. The van der Waals surface area contributed by atoms with Crippen molar-refractivity contribution in [3.63, 3.8) is 0 Å². The minimum atomic E-state index is -5.58. The monoisotopic (exact) mass is 867 g/mol. The summed E-state index contributed by atoms with van der Waals surface area (Å²) in [6, 6.07) is 0. The van der Waals surface area contributed by atoms with Crippen molar-refractivity contribution in [1.29, 1.82) is 0 Å². The number of amides is 2. The number of hydrogen-bond donors (Lipinski definition) is 10. The number of carbonyl (C=O) groups is 3. The zero-order chi connectivity index (χ0) is 41.4. The second-order valence-corrected chi connectivity index (χ2v) is 17.9. The van der Waals surface area contributed by atoms with Crippen molar-refractivity contribution in [3.05, 3.63) is 12.7 Å². The van der Waals surface area contributed by atoms with E-state index >= 15 is 0 Å². The summed E-state index contributed by atoms with van der Waals surface area (Å²) in [6.07, 6.45) is -6.51. The third kappa shape index (κ3) is 13.8. The predicted molar refractivity (Wildman–Crippen MR) is 188 cm³/mol. The molecule has 0 bridgehead atoms. The Morgan fingerprint density at radius 2 is 1.75 bits per heavy atom. The number of anilines is 1. The molecule has 0 radical (unpaired) electrons. The minimum absolute atomic E-state index is 0.0261. The van der Waals surface area contributed by atoms with Crippen molar-refractivity contribution in [2.75, 3.05) is 44.4 Å². The van der Waals surface area contributed by atoms with Crippen molar-refractivity contribution >= 4 is 69.1 Å². The van der Waals surface area contributed by atoms with E-state index in [0.717, 1.165) is 29.0 Å². The highest BCUT2D eigenvalue weighted by molar-refractivity contribution is 8.13. The second-order valence-electron chi connectivity index (χ2n) is 12.5. The van der Waals surface area contributed by atoms with Crippen LogP contribution in [0, 0.1) is 11.3 Å². The number of fused-ring (bicyclic) bond motifs is 1. The number of rotatable bonds is 22. The first-order chi connectivity index (χ1) is 25.5. The summed E-state index contributed by atoms with van der Waals surface area (Å²) >= 11 is 0.967. The summed E-state index contributed by atoms with van der Waals surface area (Å²) in [4.78, 5) is 87.4. The fourth-order valence-electron chi connectivity index (χ4n) is 4.77. The molecular weight excluding hydrogens is 823 g/mol. The van der Waals surface area contributed by atoms with E-state index in [1.54, 1.807) is 6.92 Å². The highest BCUT2D eigenvalue weighted by Crippen LogP contribution is 2.61. The summed E-state index contributed by atoms with van der Waals surface area (Å²) < 4.78 is 62.0. The lowest BCUT2D eigenvalue weighted by Gasteiger charge is -2.30. The number of aliphatic hydroxyl groups is 3. The Balaban J connectivity index is 1.50. The van der Waals surface area contributed by atoms with Crippen LogP contribution in [0.5, 0.6) is 0 Å². The molecule has 7 unspecified atom stereocenters. The number of nitrogens with two attached hydrogens (primary N) is 1. The normalized spacial score (nSPS) is 22.4. The van der Waals surface area contributed by atoms with Crippen LogP contribution < -0.4 is 16.4 Å². The Kier molecular flexibility index (Phi) is 16.9. The van der Waals surface area contributed by atoms with Crippen LogP contribution >= 0.6 is 35.2 Å². The molecule has 3 rings (SSSR count). The molecule has 0 saturated carbocycles. The van der Waals surface area contributed by atoms with Gasteiger partial charge in [0.1, 0.15) is 36.3 Å². The van der Waals surface area contributed by atoms with E-state index in [1.807, 2.05) is 0 Å². The predicted octanol–water partition coefficient (Wildman–Crippen LogP) is -1.32. The van der Waals surface area contributed by atoms with Gasteiger partial charge in [0.05, 0.1) is 32.1 Å². The molecule has 2 aromatic rings. The maximum Gasteiger partial charge on any atom is 0.481 e. The summed E-state index contributed by atoms with van der Waals surface area (Å²) in [6.45, 7) is 1.86. The van der Waals surface area contributed by atoms with Crippen LogP contribution in [0.15, 0.2) is 12.7 Å². The Hall–Kier alpha value is -2.48. The van der Waals surface area contributed by atoms with Crippen LogP contribution in [0.1, 0.15) is 39.8 Å². The van der Waals surface area contributed by atoms with Gasteiger partial charge in [0, 0.05) is 30.7 Å². The van der Waals surface area contributed by atoms with E-state index in [1.165, 1.54) is 13.8 Å². The number of aliphatic hydroxyl groups excluding tert-OH is 3. The molecule has 11 N–H and O–H groups in total. The largest absolute Gasteiger partial charge is 0.481 e. The molecule has 55 heavy (non-hydrogen) atoms. The minimum Gasteiger partial charge on any atom is -0.396 e. The van der Waals surface area contributed by atoms with Gasteiger partial charge in [-0.3, -0.25) is 32.5 Å². The molecule has 0 aliphatic carbocycles. The number of nitrogen functional groups attached to an aromatic ring is 1. The number of ether oxygens (including phenoxy) is 1. The SMILES string of the molecule is CC[C@H](CO)C(=O)SCCNC(=O)CCNC(=O)C(O)C(C)(C)COP(=O)(O)OP(=O)(O)OCC1OC(n2cnc3c(N)ncnc32)C(O)C1OP(=O)(O)O. The number of aromatic nitrogens is 4. The van der Waals surface area contributed by atoms with Gasteiger partial charge < -0.3 is 56.0 Å². The lowest BCUT2D eigenvalue weighted by atomic mass is 9.87. The van der Waals surface area contributed by atoms with E-state index in [2.05, 4.69) is 34.4 Å². The lowest BCUT2D eigenvalue weighted by molar-refractivity contribution is -0.137. The van der Waals surface area contributed by atoms with Gasteiger partial charge in [0.2, 0.25) is 11.8 Å². The van der Waals surface area contributed by atoms with Crippen molar-refractivity contribution < 1.29 is 85.6 Å². The van der Waals surface area contributed by atoms with Crippen molar-refractivity contribution in [3.8, 4) is 0 Å². The van der Waals surface area contributed by atoms with Crippen molar-refractivity contribution in [1.82, 2.24) is 30.2 Å². The smallest absolute Gasteiger partial charge is 0.396 e. The van der Waals surface area contributed by atoms with Gasteiger partial charge in [-0.1, -0.05) is 32.5 Å². The molecule has 1 fully saturated rings. The van der Waals surface area contributed by atoms with Gasteiger partial charge in [-0.15, -0.1) is 0 Å². The van der Waals surface area contributed by atoms with E-state index in [0.29, 0.717) is 6.42 Å². The number of carbonyl (C=O) groups excluding carboxylic acids is 3. The van der Waals surface area contributed by atoms with Crippen LogP contribution in [0.3, 0.4) is 0 Å². The van der Waals surface area contributed by atoms with E-state index in [4.69, 9.17) is 24.6 Å². The van der Waals surface area contributed by atoms with Gasteiger partial charge in [-0.05, 0) is 6.42 Å². The maximum atomic E-state index is 12.7. The fraction of sp³-hybridized carbons (Fsp3) is 0.692. The third-order valence-corrected chi connectivity index (χ3v) is 11.9. The molecule has 8 atom stereocenters. The maximum absolute atomic E-state index is 12.7. The summed E-state index contributed by atoms with van der Waals surface area (Å²) in [5.74, 6) is -1.73. The van der Waals surface area contributed by atoms with E-state index in [-0.39, 0.29) is 54.0 Å². The molecule has 25 nitrogen and oxygen atoms in total. The average Bonchev–Trinajstić information content (AvgIpc) is 3.65. The molecule has 29 heteroatoms. The molecule has 312 valence electrons. The Morgan fingerprint density at radius 3 is 2.38 bits per heavy atom. The van der Waals surface area contributed by atoms with Gasteiger partial charge >= 0.3 is 23.5 Å².